The van der Waals surface area contributed by atoms with Crippen LogP contribution in [0.25, 0.3) is 0 Å². The van der Waals surface area contributed by atoms with Gasteiger partial charge in [-0.05, 0) is 49.1 Å². The first-order valence-electron chi connectivity index (χ1n) is 6.61. The van der Waals surface area contributed by atoms with E-state index in [9.17, 15) is 0 Å². The number of methoxy groups -OCH3 is 1. The Labute approximate surface area is 129 Å². The van der Waals surface area contributed by atoms with E-state index in [0.29, 0.717) is 0 Å². The Bertz CT molecular complexity index is 637. The van der Waals surface area contributed by atoms with E-state index in [-0.39, 0.29) is 6.04 Å². The van der Waals surface area contributed by atoms with Crippen LogP contribution >= 0.6 is 15.9 Å². The molecule has 0 aliphatic rings. The molecule has 1 unspecified atom stereocenters. The van der Waals surface area contributed by atoms with Gasteiger partial charge >= 0.3 is 0 Å². The number of halogens is 1. The normalized spacial score (nSPS) is 12.3. The summed E-state index contributed by atoms with van der Waals surface area (Å²) in [6, 6.07) is 10.2. The van der Waals surface area contributed by atoms with Crippen LogP contribution < -0.4 is 10.5 Å². The molecule has 0 saturated carbocycles. The molecule has 0 saturated heterocycles. The highest BCUT2D eigenvalue weighted by Gasteiger charge is 2.17. The van der Waals surface area contributed by atoms with Crippen LogP contribution in [0.4, 0.5) is 0 Å². The van der Waals surface area contributed by atoms with Gasteiger partial charge in [0.1, 0.15) is 5.75 Å². The SMILES string of the molecule is COc1c(C(N)c2ccc(Br)c(C)c2)ccc(C)c1C. The summed E-state index contributed by atoms with van der Waals surface area (Å²) >= 11 is 3.52. The number of ether oxygens (including phenoxy) is 1. The summed E-state index contributed by atoms with van der Waals surface area (Å²) < 4.78 is 6.66. The molecule has 0 amide bonds. The Morgan fingerprint density at radius 2 is 1.75 bits per heavy atom. The summed E-state index contributed by atoms with van der Waals surface area (Å²) in [7, 11) is 1.70. The smallest absolute Gasteiger partial charge is 0.127 e. The molecule has 3 heteroatoms. The average molecular weight is 334 g/mol. The first kappa shape index (κ1) is 15.1. The minimum atomic E-state index is -0.184. The number of nitrogens with two attached hydrogens (primary N) is 1. The van der Waals surface area contributed by atoms with Gasteiger partial charge in [0.2, 0.25) is 0 Å². The number of hydrogen-bond donors (Lipinski definition) is 1. The number of rotatable bonds is 3. The first-order valence-corrected chi connectivity index (χ1v) is 7.40. The lowest BCUT2D eigenvalue weighted by atomic mass is 9.94. The predicted molar refractivity (Wildman–Crippen MR) is 87.4 cm³/mol. The maximum Gasteiger partial charge on any atom is 0.127 e. The highest BCUT2D eigenvalue weighted by Crippen LogP contribution is 2.33. The fourth-order valence-corrected chi connectivity index (χ4v) is 2.61. The van der Waals surface area contributed by atoms with Crippen LogP contribution in [-0.2, 0) is 0 Å². The van der Waals surface area contributed by atoms with Crippen molar-refractivity contribution in [3.63, 3.8) is 0 Å². The maximum atomic E-state index is 6.44. The van der Waals surface area contributed by atoms with Crippen LogP contribution in [-0.4, -0.2) is 7.11 Å². The third-order valence-electron chi connectivity index (χ3n) is 3.79. The molecule has 2 N–H and O–H groups in total. The molecule has 0 bridgehead atoms. The lowest BCUT2D eigenvalue weighted by Crippen LogP contribution is -2.14. The molecule has 0 spiro atoms. The van der Waals surface area contributed by atoms with E-state index in [2.05, 4.69) is 61.0 Å². The molecule has 1 atom stereocenters. The molecule has 0 aliphatic carbocycles. The van der Waals surface area contributed by atoms with Gasteiger partial charge in [0.05, 0.1) is 13.2 Å². The van der Waals surface area contributed by atoms with Crippen molar-refractivity contribution in [2.24, 2.45) is 5.73 Å². The molecule has 0 aromatic heterocycles. The van der Waals surface area contributed by atoms with Gasteiger partial charge < -0.3 is 10.5 Å². The van der Waals surface area contributed by atoms with Crippen molar-refractivity contribution >= 4 is 15.9 Å². The standard InChI is InChI=1S/C17H20BrNO/c1-10-5-7-14(17(20-4)12(10)3)16(19)13-6-8-15(18)11(2)9-13/h5-9,16H,19H2,1-4H3. The molecule has 0 radical (unpaired) electrons. The minimum Gasteiger partial charge on any atom is -0.496 e. The van der Waals surface area contributed by atoms with Gasteiger partial charge in [-0.3, -0.25) is 0 Å². The summed E-state index contributed by atoms with van der Waals surface area (Å²) in [6.45, 7) is 6.21. The van der Waals surface area contributed by atoms with E-state index in [1.54, 1.807) is 7.11 Å². The van der Waals surface area contributed by atoms with Crippen LogP contribution in [0.5, 0.6) is 5.75 Å². The van der Waals surface area contributed by atoms with Gasteiger partial charge in [0, 0.05) is 10.0 Å². The Hall–Kier alpha value is -1.32. The molecule has 2 aromatic carbocycles. The second kappa shape index (κ2) is 5.98. The van der Waals surface area contributed by atoms with E-state index < -0.39 is 0 Å². The molecule has 20 heavy (non-hydrogen) atoms. The zero-order valence-electron chi connectivity index (χ0n) is 12.3. The molecule has 0 aliphatic heterocycles. The van der Waals surface area contributed by atoms with Crippen molar-refractivity contribution in [1.29, 1.82) is 0 Å². The first-order chi connectivity index (χ1) is 9.45. The highest BCUT2D eigenvalue weighted by molar-refractivity contribution is 9.10. The van der Waals surface area contributed by atoms with Gasteiger partial charge in [0.15, 0.2) is 0 Å². The third kappa shape index (κ3) is 2.74. The third-order valence-corrected chi connectivity index (χ3v) is 4.68. The number of aryl methyl sites for hydroxylation is 2. The molecular formula is C17H20BrNO. The number of hydrogen-bond acceptors (Lipinski definition) is 2. The second-order valence-electron chi connectivity index (χ2n) is 5.12. The fourth-order valence-electron chi connectivity index (χ4n) is 2.37. The maximum absolute atomic E-state index is 6.44. The van der Waals surface area contributed by atoms with Crippen molar-refractivity contribution in [2.45, 2.75) is 26.8 Å². The van der Waals surface area contributed by atoms with Crippen molar-refractivity contribution in [2.75, 3.05) is 7.11 Å². The topological polar surface area (TPSA) is 35.2 Å². The van der Waals surface area contributed by atoms with Crippen molar-refractivity contribution in [3.8, 4) is 5.75 Å². The van der Waals surface area contributed by atoms with Crippen molar-refractivity contribution < 1.29 is 4.74 Å². The Balaban J connectivity index is 2.50. The molecule has 2 rings (SSSR count). The Kier molecular flexibility index (Phi) is 4.51. The average Bonchev–Trinajstić information content (AvgIpc) is 2.44. The minimum absolute atomic E-state index is 0.184. The van der Waals surface area contributed by atoms with Crippen LogP contribution in [0.2, 0.25) is 0 Å². The molecular weight excluding hydrogens is 314 g/mol. The quantitative estimate of drug-likeness (QED) is 0.901. The second-order valence-corrected chi connectivity index (χ2v) is 5.97. The van der Waals surface area contributed by atoms with Gasteiger partial charge in [0.25, 0.3) is 0 Å². The van der Waals surface area contributed by atoms with Crippen LogP contribution in [0.15, 0.2) is 34.8 Å². The zero-order valence-corrected chi connectivity index (χ0v) is 13.9. The summed E-state index contributed by atoms with van der Waals surface area (Å²) in [5, 5.41) is 0. The van der Waals surface area contributed by atoms with E-state index in [0.717, 1.165) is 26.9 Å². The van der Waals surface area contributed by atoms with E-state index in [1.165, 1.54) is 11.1 Å². The van der Waals surface area contributed by atoms with Crippen LogP contribution in [0, 0.1) is 20.8 Å². The highest BCUT2D eigenvalue weighted by atomic mass is 79.9. The van der Waals surface area contributed by atoms with Gasteiger partial charge in [-0.1, -0.05) is 40.2 Å². The van der Waals surface area contributed by atoms with Gasteiger partial charge in [-0.2, -0.15) is 0 Å². The summed E-state index contributed by atoms with van der Waals surface area (Å²) in [4.78, 5) is 0. The summed E-state index contributed by atoms with van der Waals surface area (Å²) in [5.41, 5.74) is 12.1. The van der Waals surface area contributed by atoms with Gasteiger partial charge in [-0.15, -0.1) is 0 Å². The Morgan fingerprint density at radius 1 is 1.05 bits per heavy atom. The number of benzene rings is 2. The van der Waals surface area contributed by atoms with Crippen molar-refractivity contribution in [1.82, 2.24) is 0 Å². The zero-order chi connectivity index (χ0) is 14.9. The molecule has 2 nitrogen and oxygen atoms in total. The van der Waals surface area contributed by atoms with Crippen LogP contribution in [0.3, 0.4) is 0 Å². The largest absolute Gasteiger partial charge is 0.496 e. The monoisotopic (exact) mass is 333 g/mol. The fraction of sp³-hybridized carbons (Fsp3) is 0.294. The predicted octanol–water partition coefficient (Wildman–Crippen LogP) is 4.43. The molecule has 0 fully saturated rings. The summed E-state index contributed by atoms with van der Waals surface area (Å²) in [5.74, 6) is 0.887. The molecule has 106 valence electrons. The van der Waals surface area contributed by atoms with E-state index in [4.69, 9.17) is 10.5 Å². The lowest BCUT2D eigenvalue weighted by Gasteiger charge is -2.19. The Morgan fingerprint density at radius 3 is 2.35 bits per heavy atom. The van der Waals surface area contributed by atoms with Gasteiger partial charge in [-0.25, -0.2) is 0 Å². The molecule has 2 aromatic rings. The van der Waals surface area contributed by atoms with Crippen LogP contribution in [0.1, 0.15) is 33.9 Å². The molecule has 0 heterocycles. The van der Waals surface area contributed by atoms with Crippen molar-refractivity contribution in [3.05, 3.63) is 62.6 Å². The lowest BCUT2D eigenvalue weighted by molar-refractivity contribution is 0.404. The van der Waals surface area contributed by atoms with E-state index in [1.807, 2.05) is 6.07 Å². The van der Waals surface area contributed by atoms with E-state index >= 15 is 0 Å². The summed E-state index contributed by atoms with van der Waals surface area (Å²) in [6.07, 6.45) is 0.